The number of anilines is 2. The molecular formula is C16H17F3N4O. The van der Waals surface area contributed by atoms with Gasteiger partial charge in [0, 0.05) is 23.6 Å². The number of benzene rings is 1. The van der Waals surface area contributed by atoms with Gasteiger partial charge in [-0.05, 0) is 45.0 Å². The van der Waals surface area contributed by atoms with E-state index in [1.165, 1.54) is 24.5 Å². The van der Waals surface area contributed by atoms with Crippen LogP contribution in [-0.4, -0.2) is 21.4 Å². The van der Waals surface area contributed by atoms with Crippen LogP contribution in [0.5, 0.6) is 0 Å². The Kier molecular flexibility index (Phi) is 4.77. The van der Waals surface area contributed by atoms with Crippen LogP contribution in [0.4, 0.5) is 24.8 Å². The summed E-state index contributed by atoms with van der Waals surface area (Å²) in [5.41, 5.74) is -0.408. The Morgan fingerprint density at radius 3 is 2.00 bits per heavy atom. The predicted molar refractivity (Wildman–Crippen MR) is 84.0 cm³/mol. The van der Waals surface area contributed by atoms with Gasteiger partial charge in [-0.15, -0.1) is 0 Å². The topological polar surface area (TPSA) is 66.9 Å². The third kappa shape index (κ3) is 4.94. The van der Waals surface area contributed by atoms with E-state index in [-0.39, 0.29) is 17.4 Å². The number of aromatic nitrogens is 2. The first kappa shape index (κ1) is 17.7. The molecule has 0 aliphatic rings. The van der Waals surface area contributed by atoms with E-state index < -0.39 is 11.7 Å². The number of nitrogens with zero attached hydrogens (tertiary/aromatic N) is 2. The molecule has 2 rings (SSSR count). The first-order valence-electron chi connectivity index (χ1n) is 7.13. The van der Waals surface area contributed by atoms with Crippen molar-refractivity contribution in [1.82, 2.24) is 15.3 Å². The van der Waals surface area contributed by atoms with Crippen molar-refractivity contribution in [2.24, 2.45) is 0 Å². The summed E-state index contributed by atoms with van der Waals surface area (Å²) >= 11 is 0. The molecule has 5 nitrogen and oxygen atoms in total. The van der Waals surface area contributed by atoms with Gasteiger partial charge in [0.2, 0.25) is 5.95 Å². The molecule has 0 bridgehead atoms. The molecule has 0 atom stereocenters. The number of hydrogen-bond acceptors (Lipinski definition) is 4. The summed E-state index contributed by atoms with van der Waals surface area (Å²) < 4.78 is 37.5. The molecule has 1 aromatic carbocycles. The molecule has 0 spiro atoms. The van der Waals surface area contributed by atoms with Crippen LogP contribution in [-0.2, 0) is 6.18 Å². The van der Waals surface area contributed by atoms with Crippen LogP contribution >= 0.6 is 0 Å². The van der Waals surface area contributed by atoms with Crippen molar-refractivity contribution in [2.45, 2.75) is 32.5 Å². The van der Waals surface area contributed by atoms with Crippen molar-refractivity contribution in [3.8, 4) is 0 Å². The molecule has 2 aromatic rings. The van der Waals surface area contributed by atoms with Crippen LogP contribution in [0.15, 0.2) is 36.7 Å². The highest BCUT2D eigenvalue weighted by molar-refractivity contribution is 5.94. The van der Waals surface area contributed by atoms with Gasteiger partial charge in [-0.1, -0.05) is 0 Å². The van der Waals surface area contributed by atoms with Gasteiger partial charge >= 0.3 is 6.18 Å². The van der Waals surface area contributed by atoms with E-state index in [0.29, 0.717) is 11.3 Å². The molecule has 0 saturated carbocycles. The standard InChI is InChI=1S/C16H17F3N4O/c1-15(2,3)23-13(24)10-8-20-14(21-9-10)22-12-6-4-11(5-7-12)16(17,18)19/h4-9H,1-3H3,(H,23,24)(H,20,21,22). The second-order valence-electron chi connectivity index (χ2n) is 6.20. The predicted octanol–water partition coefficient (Wildman–Crippen LogP) is 3.77. The molecule has 1 heterocycles. The molecule has 0 aliphatic heterocycles. The smallest absolute Gasteiger partial charge is 0.347 e. The molecule has 1 amide bonds. The Hall–Kier alpha value is -2.64. The Morgan fingerprint density at radius 2 is 1.54 bits per heavy atom. The van der Waals surface area contributed by atoms with Crippen LogP contribution in [0.3, 0.4) is 0 Å². The van der Waals surface area contributed by atoms with Crippen LogP contribution in [0.25, 0.3) is 0 Å². The highest BCUT2D eigenvalue weighted by Gasteiger charge is 2.29. The minimum Gasteiger partial charge on any atom is -0.347 e. The first-order chi connectivity index (χ1) is 11.0. The molecule has 0 saturated heterocycles. The van der Waals surface area contributed by atoms with Gasteiger partial charge in [0.25, 0.3) is 5.91 Å². The summed E-state index contributed by atoms with van der Waals surface area (Å²) in [6.07, 6.45) is -1.68. The fourth-order valence-corrected chi connectivity index (χ4v) is 1.79. The highest BCUT2D eigenvalue weighted by atomic mass is 19.4. The van der Waals surface area contributed by atoms with E-state index in [1.54, 1.807) is 0 Å². The molecule has 8 heteroatoms. The zero-order valence-electron chi connectivity index (χ0n) is 13.4. The lowest BCUT2D eigenvalue weighted by Gasteiger charge is -2.20. The van der Waals surface area contributed by atoms with E-state index in [2.05, 4.69) is 20.6 Å². The largest absolute Gasteiger partial charge is 0.416 e. The van der Waals surface area contributed by atoms with Crippen LogP contribution < -0.4 is 10.6 Å². The zero-order chi connectivity index (χ0) is 18.0. The fraction of sp³-hybridized carbons (Fsp3) is 0.312. The number of nitrogens with one attached hydrogen (secondary N) is 2. The average molecular weight is 338 g/mol. The number of halogens is 3. The maximum atomic E-state index is 12.5. The number of rotatable bonds is 3. The van der Waals surface area contributed by atoms with Gasteiger partial charge in [0.1, 0.15) is 0 Å². The highest BCUT2D eigenvalue weighted by Crippen LogP contribution is 2.30. The molecule has 0 radical (unpaired) electrons. The lowest BCUT2D eigenvalue weighted by Crippen LogP contribution is -2.40. The lowest BCUT2D eigenvalue weighted by molar-refractivity contribution is -0.137. The molecule has 24 heavy (non-hydrogen) atoms. The van der Waals surface area contributed by atoms with Gasteiger partial charge in [-0.25, -0.2) is 9.97 Å². The van der Waals surface area contributed by atoms with Gasteiger partial charge < -0.3 is 10.6 Å². The summed E-state index contributed by atoms with van der Waals surface area (Å²) in [5, 5.41) is 5.55. The van der Waals surface area contributed by atoms with Crippen molar-refractivity contribution < 1.29 is 18.0 Å². The number of carbonyl (C=O) groups excluding carboxylic acids is 1. The minimum atomic E-state index is -4.38. The summed E-state index contributed by atoms with van der Waals surface area (Å²) in [6.45, 7) is 5.56. The van der Waals surface area contributed by atoms with Crippen molar-refractivity contribution >= 4 is 17.5 Å². The Labute approximate surface area is 137 Å². The quantitative estimate of drug-likeness (QED) is 0.894. The minimum absolute atomic E-state index is 0.182. The van der Waals surface area contributed by atoms with Crippen molar-refractivity contribution in [1.29, 1.82) is 0 Å². The number of alkyl halides is 3. The lowest BCUT2D eigenvalue weighted by atomic mass is 10.1. The number of hydrogen-bond donors (Lipinski definition) is 2. The van der Waals surface area contributed by atoms with E-state index in [4.69, 9.17) is 0 Å². The van der Waals surface area contributed by atoms with Gasteiger partial charge in [0.05, 0.1) is 11.1 Å². The maximum Gasteiger partial charge on any atom is 0.416 e. The molecule has 0 unspecified atom stereocenters. The van der Waals surface area contributed by atoms with Gasteiger partial charge in [-0.3, -0.25) is 4.79 Å². The molecule has 128 valence electrons. The summed E-state index contributed by atoms with van der Waals surface area (Å²) in [7, 11) is 0. The van der Waals surface area contributed by atoms with E-state index in [9.17, 15) is 18.0 Å². The molecular weight excluding hydrogens is 321 g/mol. The summed E-state index contributed by atoms with van der Waals surface area (Å²) in [6, 6.07) is 4.50. The van der Waals surface area contributed by atoms with Crippen LogP contribution in [0.1, 0.15) is 36.7 Å². The SMILES string of the molecule is CC(C)(C)NC(=O)c1cnc(Nc2ccc(C(F)(F)F)cc2)nc1. The Balaban J connectivity index is 2.05. The third-order valence-electron chi connectivity index (χ3n) is 2.87. The molecule has 0 aliphatic carbocycles. The monoisotopic (exact) mass is 338 g/mol. The normalized spacial score (nSPS) is 11.9. The maximum absolute atomic E-state index is 12.5. The van der Waals surface area contributed by atoms with E-state index >= 15 is 0 Å². The molecule has 2 N–H and O–H groups in total. The second-order valence-corrected chi connectivity index (χ2v) is 6.20. The average Bonchev–Trinajstić information content (AvgIpc) is 2.46. The van der Waals surface area contributed by atoms with Crippen molar-refractivity contribution in [3.05, 3.63) is 47.8 Å². The third-order valence-corrected chi connectivity index (χ3v) is 2.87. The van der Waals surface area contributed by atoms with Crippen LogP contribution in [0, 0.1) is 0 Å². The summed E-state index contributed by atoms with van der Waals surface area (Å²) in [5.74, 6) is -0.120. The molecule has 0 fully saturated rings. The zero-order valence-corrected chi connectivity index (χ0v) is 13.4. The van der Waals surface area contributed by atoms with Gasteiger partial charge in [0.15, 0.2) is 0 Å². The molecule has 1 aromatic heterocycles. The van der Waals surface area contributed by atoms with E-state index in [1.807, 2.05) is 20.8 Å². The number of carbonyl (C=O) groups is 1. The van der Waals surface area contributed by atoms with Crippen LogP contribution in [0.2, 0.25) is 0 Å². The van der Waals surface area contributed by atoms with Crippen molar-refractivity contribution in [2.75, 3.05) is 5.32 Å². The Morgan fingerprint density at radius 1 is 1.00 bits per heavy atom. The number of amides is 1. The first-order valence-corrected chi connectivity index (χ1v) is 7.13. The van der Waals surface area contributed by atoms with E-state index in [0.717, 1.165) is 12.1 Å². The fourth-order valence-electron chi connectivity index (χ4n) is 1.79. The van der Waals surface area contributed by atoms with Crippen molar-refractivity contribution in [3.63, 3.8) is 0 Å². The second kappa shape index (κ2) is 6.46. The Bertz CT molecular complexity index is 704. The summed E-state index contributed by atoms with van der Waals surface area (Å²) in [4.78, 5) is 19.9. The van der Waals surface area contributed by atoms with Gasteiger partial charge in [-0.2, -0.15) is 13.2 Å².